The summed E-state index contributed by atoms with van der Waals surface area (Å²) in [5.74, 6) is 1.89. The van der Waals surface area contributed by atoms with E-state index in [9.17, 15) is 4.79 Å². The highest BCUT2D eigenvalue weighted by atomic mass is 16.7. The second-order valence-electron chi connectivity index (χ2n) is 7.62. The summed E-state index contributed by atoms with van der Waals surface area (Å²) in [5, 5.41) is 4.29. The lowest BCUT2D eigenvalue weighted by molar-refractivity contribution is 0.0953. The van der Waals surface area contributed by atoms with Gasteiger partial charge in [-0.15, -0.1) is 0 Å². The monoisotopic (exact) mass is 378 g/mol. The lowest BCUT2D eigenvalue weighted by atomic mass is 10.1. The third-order valence-electron chi connectivity index (χ3n) is 5.13. The zero-order valence-corrected chi connectivity index (χ0v) is 16.4. The summed E-state index contributed by atoms with van der Waals surface area (Å²) < 4.78 is 13.0. The fraction of sp³-hybridized carbons (Fsp3) is 0.348. The molecule has 0 radical (unpaired) electrons. The number of nitrogens with one attached hydrogen (secondary N) is 1. The molecule has 28 heavy (non-hydrogen) atoms. The first-order valence-electron chi connectivity index (χ1n) is 9.86. The fourth-order valence-corrected chi connectivity index (χ4v) is 3.55. The largest absolute Gasteiger partial charge is 0.454 e. The SMILES string of the molecule is CC(C)CCn1cc(CCNC(=O)c2ccc3c(c2)OCO3)c2ccccc21. The van der Waals surface area contributed by atoms with Gasteiger partial charge in [0, 0.05) is 35.8 Å². The van der Waals surface area contributed by atoms with Crippen molar-refractivity contribution in [2.24, 2.45) is 5.92 Å². The van der Waals surface area contributed by atoms with Gasteiger partial charge in [0.15, 0.2) is 11.5 Å². The molecule has 2 aromatic carbocycles. The normalized spacial score (nSPS) is 12.7. The van der Waals surface area contributed by atoms with Crippen LogP contribution in [-0.4, -0.2) is 23.8 Å². The van der Waals surface area contributed by atoms with E-state index in [-0.39, 0.29) is 12.7 Å². The molecule has 0 unspecified atom stereocenters. The highest BCUT2D eigenvalue weighted by molar-refractivity contribution is 5.95. The van der Waals surface area contributed by atoms with Crippen LogP contribution in [0.15, 0.2) is 48.7 Å². The number of para-hydroxylation sites is 1. The first-order chi connectivity index (χ1) is 13.6. The number of amides is 1. The van der Waals surface area contributed by atoms with Crippen LogP contribution in [0.3, 0.4) is 0 Å². The molecule has 3 aromatic rings. The Labute approximate surface area is 165 Å². The number of aryl methyl sites for hydroxylation is 1. The van der Waals surface area contributed by atoms with Gasteiger partial charge in [-0.3, -0.25) is 4.79 Å². The van der Waals surface area contributed by atoms with Crippen LogP contribution in [0.1, 0.15) is 36.2 Å². The van der Waals surface area contributed by atoms with Gasteiger partial charge in [0.2, 0.25) is 6.79 Å². The molecule has 0 aliphatic carbocycles. The van der Waals surface area contributed by atoms with Crippen LogP contribution in [-0.2, 0) is 13.0 Å². The number of hydrogen-bond acceptors (Lipinski definition) is 3. The van der Waals surface area contributed by atoms with Crippen molar-refractivity contribution in [3.8, 4) is 11.5 Å². The van der Waals surface area contributed by atoms with Gasteiger partial charge in [-0.2, -0.15) is 0 Å². The van der Waals surface area contributed by atoms with Crippen molar-refractivity contribution in [2.75, 3.05) is 13.3 Å². The van der Waals surface area contributed by atoms with Crippen LogP contribution in [0.2, 0.25) is 0 Å². The third-order valence-corrected chi connectivity index (χ3v) is 5.13. The molecule has 5 nitrogen and oxygen atoms in total. The third kappa shape index (κ3) is 3.84. The Morgan fingerprint density at radius 3 is 2.82 bits per heavy atom. The maximum absolute atomic E-state index is 12.5. The first-order valence-corrected chi connectivity index (χ1v) is 9.86. The maximum Gasteiger partial charge on any atom is 0.251 e. The quantitative estimate of drug-likeness (QED) is 0.663. The summed E-state index contributed by atoms with van der Waals surface area (Å²) in [6.45, 7) is 6.31. The molecule has 5 heteroatoms. The second kappa shape index (κ2) is 7.97. The zero-order chi connectivity index (χ0) is 19.5. The number of benzene rings is 2. The van der Waals surface area contributed by atoms with Crippen molar-refractivity contribution in [1.82, 2.24) is 9.88 Å². The Kier molecular flexibility index (Phi) is 5.24. The van der Waals surface area contributed by atoms with Crippen molar-refractivity contribution in [3.05, 3.63) is 59.8 Å². The van der Waals surface area contributed by atoms with Gasteiger partial charge in [0.05, 0.1) is 0 Å². The molecule has 2 heterocycles. The molecule has 1 N–H and O–H groups in total. The van der Waals surface area contributed by atoms with E-state index in [0.717, 1.165) is 19.4 Å². The number of aromatic nitrogens is 1. The van der Waals surface area contributed by atoms with Gasteiger partial charge in [0.25, 0.3) is 5.91 Å². The van der Waals surface area contributed by atoms with Crippen molar-refractivity contribution in [2.45, 2.75) is 33.2 Å². The summed E-state index contributed by atoms with van der Waals surface area (Å²) >= 11 is 0. The summed E-state index contributed by atoms with van der Waals surface area (Å²) in [7, 11) is 0. The van der Waals surface area contributed by atoms with Gasteiger partial charge in [0.1, 0.15) is 0 Å². The number of fused-ring (bicyclic) bond motifs is 2. The summed E-state index contributed by atoms with van der Waals surface area (Å²) in [6.07, 6.45) is 4.18. The van der Waals surface area contributed by atoms with E-state index >= 15 is 0 Å². The summed E-state index contributed by atoms with van der Waals surface area (Å²) in [4.78, 5) is 12.5. The lowest BCUT2D eigenvalue weighted by Gasteiger charge is -2.07. The van der Waals surface area contributed by atoms with Crippen LogP contribution in [0.25, 0.3) is 10.9 Å². The number of ether oxygens (including phenoxy) is 2. The highest BCUT2D eigenvalue weighted by Crippen LogP contribution is 2.32. The van der Waals surface area contributed by atoms with Crippen molar-refractivity contribution in [3.63, 3.8) is 0 Å². The number of rotatable bonds is 7. The molecule has 1 amide bonds. The molecule has 0 spiro atoms. The van der Waals surface area contributed by atoms with Gasteiger partial charge < -0.3 is 19.4 Å². The van der Waals surface area contributed by atoms with Gasteiger partial charge >= 0.3 is 0 Å². The topological polar surface area (TPSA) is 52.5 Å². The predicted molar refractivity (Wildman–Crippen MR) is 110 cm³/mol. The summed E-state index contributed by atoms with van der Waals surface area (Å²) in [5.41, 5.74) is 3.12. The molecule has 0 fully saturated rings. The number of carbonyl (C=O) groups is 1. The van der Waals surface area contributed by atoms with E-state index < -0.39 is 0 Å². The van der Waals surface area contributed by atoms with Gasteiger partial charge in [-0.25, -0.2) is 0 Å². The Bertz CT molecular complexity index is 991. The minimum Gasteiger partial charge on any atom is -0.454 e. The van der Waals surface area contributed by atoms with E-state index in [2.05, 4.69) is 54.2 Å². The van der Waals surface area contributed by atoms with E-state index in [0.29, 0.717) is 29.5 Å². The molecule has 1 aliphatic rings. The van der Waals surface area contributed by atoms with E-state index in [1.807, 2.05) is 0 Å². The lowest BCUT2D eigenvalue weighted by Crippen LogP contribution is -2.25. The molecule has 1 aromatic heterocycles. The molecule has 1 aliphatic heterocycles. The van der Waals surface area contributed by atoms with Crippen LogP contribution >= 0.6 is 0 Å². The van der Waals surface area contributed by atoms with Crippen molar-refractivity contribution in [1.29, 1.82) is 0 Å². The van der Waals surface area contributed by atoms with Crippen molar-refractivity contribution >= 4 is 16.8 Å². The Morgan fingerprint density at radius 2 is 1.96 bits per heavy atom. The first kappa shape index (κ1) is 18.4. The van der Waals surface area contributed by atoms with Gasteiger partial charge in [-0.05, 0) is 48.6 Å². The minimum atomic E-state index is -0.0955. The molecule has 4 rings (SSSR count). The summed E-state index contributed by atoms with van der Waals surface area (Å²) in [6, 6.07) is 13.8. The molecule has 0 saturated heterocycles. The number of hydrogen-bond donors (Lipinski definition) is 1. The van der Waals surface area contributed by atoms with E-state index in [4.69, 9.17) is 9.47 Å². The molecular weight excluding hydrogens is 352 g/mol. The highest BCUT2D eigenvalue weighted by Gasteiger charge is 2.16. The second-order valence-corrected chi connectivity index (χ2v) is 7.62. The van der Waals surface area contributed by atoms with Crippen LogP contribution < -0.4 is 14.8 Å². The average molecular weight is 378 g/mol. The fourth-order valence-electron chi connectivity index (χ4n) is 3.55. The molecular formula is C23H26N2O3. The minimum absolute atomic E-state index is 0.0955. The van der Waals surface area contributed by atoms with E-state index in [1.165, 1.54) is 16.5 Å². The zero-order valence-electron chi connectivity index (χ0n) is 16.4. The maximum atomic E-state index is 12.5. The standard InChI is InChI=1S/C23H26N2O3/c1-16(2)10-12-25-14-18(19-5-3-4-6-20(19)25)9-11-24-23(26)17-7-8-21-22(13-17)28-15-27-21/h3-8,13-14,16H,9-12,15H2,1-2H3,(H,24,26). The van der Waals surface area contributed by atoms with Gasteiger partial charge in [-0.1, -0.05) is 32.0 Å². The molecule has 0 bridgehead atoms. The number of carbonyl (C=O) groups excluding carboxylic acids is 1. The smallest absolute Gasteiger partial charge is 0.251 e. The molecule has 146 valence electrons. The van der Waals surface area contributed by atoms with Crippen LogP contribution in [0.5, 0.6) is 11.5 Å². The predicted octanol–water partition coefficient (Wildman–Crippen LogP) is 4.39. The Morgan fingerprint density at radius 1 is 1.14 bits per heavy atom. The Hall–Kier alpha value is -2.95. The van der Waals surface area contributed by atoms with Crippen LogP contribution in [0, 0.1) is 5.92 Å². The molecule has 0 saturated carbocycles. The van der Waals surface area contributed by atoms with Crippen LogP contribution in [0.4, 0.5) is 0 Å². The van der Waals surface area contributed by atoms with E-state index in [1.54, 1.807) is 18.2 Å². The average Bonchev–Trinajstić information content (AvgIpc) is 3.30. The molecule has 0 atom stereocenters. The van der Waals surface area contributed by atoms with Crippen molar-refractivity contribution < 1.29 is 14.3 Å². The Balaban J connectivity index is 1.42. The number of nitrogens with zero attached hydrogens (tertiary/aromatic N) is 1.